The Balaban J connectivity index is 1.51. The normalized spacial score (nSPS) is 11.5. The monoisotopic (exact) mass is 520 g/mol. The molecule has 7 heteroatoms. The maximum Gasteiger partial charge on any atom is 0.255 e. The Hall–Kier alpha value is -3.25. The van der Waals surface area contributed by atoms with Crippen molar-refractivity contribution in [2.45, 2.75) is 17.1 Å². The third-order valence-electron chi connectivity index (χ3n) is 5.31. The summed E-state index contributed by atoms with van der Waals surface area (Å²) >= 11 is 13.8. The number of amides is 2. The van der Waals surface area contributed by atoms with Gasteiger partial charge in [0.1, 0.15) is 5.25 Å². The highest BCUT2D eigenvalue weighted by Crippen LogP contribution is 2.38. The molecule has 0 spiro atoms. The van der Waals surface area contributed by atoms with Crippen LogP contribution in [0.5, 0.6) is 0 Å². The van der Waals surface area contributed by atoms with Crippen molar-refractivity contribution in [2.24, 2.45) is 0 Å². The molecule has 2 N–H and O–H groups in total. The Morgan fingerprint density at radius 3 is 2.17 bits per heavy atom. The van der Waals surface area contributed by atoms with Crippen LogP contribution in [0.25, 0.3) is 0 Å². The molecule has 1 atom stereocenters. The maximum absolute atomic E-state index is 13.3. The molecule has 35 heavy (non-hydrogen) atoms. The van der Waals surface area contributed by atoms with E-state index >= 15 is 0 Å². The number of thioether (sulfide) groups is 1. The summed E-state index contributed by atoms with van der Waals surface area (Å²) in [7, 11) is 0. The lowest BCUT2D eigenvalue weighted by atomic mass is 10.1. The average Bonchev–Trinajstić information content (AvgIpc) is 2.87. The van der Waals surface area contributed by atoms with Crippen LogP contribution in [0.4, 0.5) is 11.4 Å². The Morgan fingerprint density at radius 2 is 1.46 bits per heavy atom. The van der Waals surface area contributed by atoms with Crippen LogP contribution < -0.4 is 10.6 Å². The van der Waals surface area contributed by atoms with E-state index in [4.69, 9.17) is 23.2 Å². The van der Waals surface area contributed by atoms with Crippen molar-refractivity contribution in [3.05, 3.63) is 124 Å². The van der Waals surface area contributed by atoms with Crippen LogP contribution in [0, 0.1) is 6.92 Å². The molecule has 0 aromatic heterocycles. The number of halogens is 2. The first-order valence-electron chi connectivity index (χ1n) is 10.9. The SMILES string of the molecule is Cc1ccccc1C(=O)Nc1ccc(SC(C(=O)Nc2cccc(Cl)c2Cl)c2ccccc2)cc1. The highest BCUT2D eigenvalue weighted by molar-refractivity contribution is 8.00. The quantitative estimate of drug-likeness (QED) is 0.242. The molecule has 2 amide bonds. The Kier molecular flexibility index (Phi) is 8.13. The third-order valence-corrected chi connectivity index (χ3v) is 7.39. The minimum atomic E-state index is -0.529. The van der Waals surface area contributed by atoms with E-state index in [1.165, 1.54) is 11.8 Å². The largest absolute Gasteiger partial charge is 0.323 e. The van der Waals surface area contributed by atoms with Gasteiger partial charge in [-0.3, -0.25) is 9.59 Å². The molecule has 4 nitrogen and oxygen atoms in total. The zero-order valence-corrected chi connectivity index (χ0v) is 21.1. The van der Waals surface area contributed by atoms with Crippen molar-refractivity contribution in [2.75, 3.05) is 10.6 Å². The Bertz CT molecular complexity index is 1340. The molecule has 0 saturated heterocycles. The molecule has 0 aliphatic carbocycles. The summed E-state index contributed by atoms with van der Waals surface area (Å²) in [6, 6.07) is 29.5. The summed E-state index contributed by atoms with van der Waals surface area (Å²) in [6.45, 7) is 1.90. The number of aryl methyl sites for hydroxylation is 1. The van der Waals surface area contributed by atoms with Crippen LogP contribution >= 0.6 is 35.0 Å². The Morgan fingerprint density at radius 1 is 0.771 bits per heavy atom. The van der Waals surface area contributed by atoms with E-state index in [2.05, 4.69) is 10.6 Å². The number of carbonyl (C=O) groups excluding carboxylic acids is 2. The fourth-order valence-corrected chi connectivity index (χ4v) is 4.85. The standard InChI is InChI=1S/C28H22Cl2N2O2S/c1-18-8-5-6-11-22(18)27(33)31-20-14-16-21(17-15-20)35-26(19-9-3-2-4-10-19)28(34)32-24-13-7-12-23(29)25(24)30/h2-17,26H,1H3,(H,31,33)(H,32,34). The molecule has 0 bridgehead atoms. The molecule has 0 radical (unpaired) electrons. The van der Waals surface area contributed by atoms with Gasteiger partial charge in [-0.15, -0.1) is 11.8 Å². The maximum atomic E-state index is 13.3. The van der Waals surface area contributed by atoms with Crippen molar-refractivity contribution in [3.8, 4) is 0 Å². The molecule has 0 saturated carbocycles. The number of anilines is 2. The van der Waals surface area contributed by atoms with E-state index in [-0.39, 0.29) is 11.8 Å². The van der Waals surface area contributed by atoms with E-state index in [9.17, 15) is 9.59 Å². The second kappa shape index (κ2) is 11.5. The van der Waals surface area contributed by atoms with E-state index in [0.29, 0.717) is 27.0 Å². The summed E-state index contributed by atoms with van der Waals surface area (Å²) in [5.74, 6) is -0.384. The Labute approximate surface area is 218 Å². The first-order valence-corrected chi connectivity index (χ1v) is 12.5. The van der Waals surface area contributed by atoms with Gasteiger partial charge in [-0.1, -0.05) is 77.8 Å². The van der Waals surface area contributed by atoms with Crippen molar-refractivity contribution in [1.29, 1.82) is 0 Å². The molecule has 176 valence electrons. The number of rotatable bonds is 7. The first kappa shape index (κ1) is 24.9. The fourth-order valence-electron chi connectivity index (χ4n) is 3.48. The molecule has 0 aliphatic rings. The second-order valence-electron chi connectivity index (χ2n) is 7.79. The average molecular weight is 521 g/mol. The topological polar surface area (TPSA) is 58.2 Å². The van der Waals surface area contributed by atoms with E-state index in [1.54, 1.807) is 24.3 Å². The molecule has 1 unspecified atom stereocenters. The van der Waals surface area contributed by atoms with Gasteiger partial charge in [0.25, 0.3) is 5.91 Å². The summed E-state index contributed by atoms with van der Waals surface area (Å²) in [5, 5.41) is 5.96. The van der Waals surface area contributed by atoms with Gasteiger partial charge in [0.05, 0.1) is 15.7 Å². The molecular formula is C28H22Cl2N2O2S. The van der Waals surface area contributed by atoms with Crippen LogP contribution in [-0.2, 0) is 4.79 Å². The van der Waals surface area contributed by atoms with Crippen molar-refractivity contribution in [1.82, 2.24) is 0 Å². The minimum Gasteiger partial charge on any atom is -0.323 e. The number of benzene rings is 4. The predicted octanol–water partition coefficient (Wildman–Crippen LogP) is 8.03. The second-order valence-corrected chi connectivity index (χ2v) is 9.76. The number of carbonyl (C=O) groups is 2. The van der Waals surface area contributed by atoms with Gasteiger partial charge in [0.15, 0.2) is 0 Å². The van der Waals surface area contributed by atoms with Crippen LogP contribution in [-0.4, -0.2) is 11.8 Å². The molecular weight excluding hydrogens is 499 g/mol. The van der Waals surface area contributed by atoms with E-state index in [0.717, 1.165) is 16.0 Å². The van der Waals surface area contributed by atoms with Gasteiger partial charge >= 0.3 is 0 Å². The molecule has 4 rings (SSSR count). The minimum absolute atomic E-state index is 0.163. The fraction of sp³-hybridized carbons (Fsp3) is 0.0714. The zero-order valence-electron chi connectivity index (χ0n) is 18.8. The lowest BCUT2D eigenvalue weighted by molar-refractivity contribution is -0.115. The van der Waals surface area contributed by atoms with Crippen LogP contribution in [0.1, 0.15) is 26.7 Å². The number of nitrogens with one attached hydrogen (secondary N) is 2. The van der Waals surface area contributed by atoms with Gasteiger partial charge in [0, 0.05) is 16.1 Å². The van der Waals surface area contributed by atoms with Gasteiger partial charge in [-0.05, 0) is 60.5 Å². The highest BCUT2D eigenvalue weighted by atomic mass is 35.5. The lowest BCUT2D eigenvalue weighted by Gasteiger charge is -2.18. The van der Waals surface area contributed by atoms with Crippen molar-refractivity contribution < 1.29 is 9.59 Å². The van der Waals surface area contributed by atoms with Crippen LogP contribution in [0.2, 0.25) is 10.0 Å². The summed E-state index contributed by atoms with van der Waals surface area (Å²) in [5.41, 5.74) is 3.53. The van der Waals surface area contributed by atoms with Gasteiger partial charge < -0.3 is 10.6 Å². The summed E-state index contributed by atoms with van der Waals surface area (Å²) in [4.78, 5) is 26.8. The lowest BCUT2D eigenvalue weighted by Crippen LogP contribution is -2.19. The van der Waals surface area contributed by atoms with Gasteiger partial charge in [-0.2, -0.15) is 0 Å². The van der Waals surface area contributed by atoms with Crippen molar-refractivity contribution >= 4 is 58.2 Å². The van der Waals surface area contributed by atoms with E-state index < -0.39 is 5.25 Å². The van der Waals surface area contributed by atoms with Gasteiger partial charge in [-0.25, -0.2) is 0 Å². The van der Waals surface area contributed by atoms with E-state index in [1.807, 2.05) is 79.7 Å². The smallest absolute Gasteiger partial charge is 0.255 e. The first-order chi connectivity index (χ1) is 16.9. The molecule has 4 aromatic rings. The summed E-state index contributed by atoms with van der Waals surface area (Å²) in [6.07, 6.45) is 0. The highest BCUT2D eigenvalue weighted by Gasteiger charge is 2.23. The molecule has 0 aliphatic heterocycles. The predicted molar refractivity (Wildman–Crippen MR) is 146 cm³/mol. The third kappa shape index (κ3) is 6.25. The molecule has 0 heterocycles. The molecule has 0 fully saturated rings. The number of hydrogen-bond acceptors (Lipinski definition) is 3. The van der Waals surface area contributed by atoms with Crippen LogP contribution in [0.3, 0.4) is 0 Å². The number of hydrogen-bond donors (Lipinski definition) is 2. The van der Waals surface area contributed by atoms with Crippen LogP contribution in [0.15, 0.2) is 102 Å². The zero-order chi connectivity index (χ0) is 24.8. The van der Waals surface area contributed by atoms with Crippen molar-refractivity contribution in [3.63, 3.8) is 0 Å². The van der Waals surface area contributed by atoms with Gasteiger partial charge in [0.2, 0.25) is 5.91 Å². The summed E-state index contributed by atoms with van der Waals surface area (Å²) < 4.78 is 0. The molecule has 4 aromatic carbocycles.